The van der Waals surface area contributed by atoms with Crippen LogP contribution in [0.4, 0.5) is 10.3 Å². The van der Waals surface area contributed by atoms with Gasteiger partial charge in [-0.25, -0.2) is 9.37 Å². The van der Waals surface area contributed by atoms with Crippen LogP contribution in [0, 0.1) is 5.82 Å². The average molecular weight is 429 g/mol. The average Bonchev–Trinajstić information content (AvgIpc) is 2.70. The molecule has 0 aliphatic rings. The molecule has 2 aromatic carbocycles. The molecule has 1 aromatic heterocycles. The minimum atomic E-state index is -0.294. The SMILES string of the molecule is CC(C)(C)c1ccc(OCc2nc(N)nc(SCCOc3ccc(F)cc3)n2)cc1. The first kappa shape index (κ1) is 21.8. The van der Waals surface area contributed by atoms with Gasteiger partial charge in [0.05, 0.1) is 6.61 Å². The van der Waals surface area contributed by atoms with Crippen molar-refractivity contribution < 1.29 is 13.9 Å². The number of rotatable bonds is 8. The fourth-order valence-electron chi connectivity index (χ4n) is 2.57. The molecule has 0 amide bonds. The van der Waals surface area contributed by atoms with Crippen molar-refractivity contribution in [3.05, 3.63) is 65.7 Å². The van der Waals surface area contributed by atoms with Gasteiger partial charge in [-0.15, -0.1) is 0 Å². The molecule has 0 unspecified atom stereocenters. The monoisotopic (exact) mass is 428 g/mol. The zero-order chi connectivity index (χ0) is 21.6. The highest BCUT2D eigenvalue weighted by molar-refractivity contribution is 7.99. The smallest absolute Gasteiger partial charge is 0.224 e. The quantitative estimate of drug-likeness (QED) is 0.413. The van der Waals surface area contributed by atoms with E-state index in [4.69, 9.17) is 15.2 Å². The number of anilines is 1. The van der Waals surface area contributed by atoms with E-state index in [0.29, 0.717) is 29.1 Å². The second-order valence-corrected chi connectivity index (χ2v) is 8.67. The number of thioether (sulfide) groups is 1. The van der Waals surface area contributed by atoms with Crippen LogP contribution in [-0.2, 0) is 12.0 Å². The molecular weight excluding hydrogens is 403 g/mol. The maximum Gasteiger partial charge on any atom is 0.224 e. The van der Waals surface area contributed by atoms with E-state index in [0.717, 1.165) is 5.75 Å². The summed E-state index contributed by atoms with van der Waals surface area (Å²) >= 11 is 1.40. The number of ether oxygens (including phenoxy) is 2. The predicted octanol–water partition coefficient (Wildman–Crippen LogP) is 4.64. The van der Waals surface area contributed by atoms with E-state index in [1.165, 1.54) is 29.5 Å². The largest absolute Gasteiger partial charge is 0.493 e. The molecule has 0 fully saturated rings. The first-order valence-corrected chi connectivity index (χ1v) is 10.5. The lowest BCUT2D eigenvalue weighted by Gasteiger charge is -2.19. The zero-order valence-electron chi connectivity index (χ0n) is 17.3. The van der Waals surface area contributed by atoms with Gasteiger partial charge >= 0.3 is 0 Å². The fourth-order valence-corrected chi connectivity index (χ4v) is 3.24. The molecule has 0 saturated heterocycles. The Balaban J connectivity index is 1.51. The summed E-state index contributed by atoms with van der Waals surface area (Å²) in [5.74, 6) is 2.27. The maximum atomic E-state index is 12.9. The molecule has 0 saturated carbocycles. The second-order valence-electron chi connectivity index (χ2n) is 7.61. The Bertz CT molecular complexity index is 960. The Morgan fingerprint density at radius 3 is 2.20 bits per heavy atom. The summed E-state index contributed by atoms with van der Waals surface area (Å²) in [6.07, 6.45) is 0. The Kier molecular flexibility index (Phi) is 7.10. The molecule has 8 heteroatoms. The zero-order valence-corrected chi connectivity index (χ0v) is 18.1. The van der Waals surface area contributed by atoms with Gasteiger partial charge in [0.2, 0.25) is 5.95 Å². The number of hydrogen-bond donors (Lipinski definition) is 1. The summed E-state index contributed by atoms with van der Waals surface area (Å²) in [5.41, 5.74) is 7.14. The van der Waals surface area contributed by atoms with E-state index in [9.17, 15) is 4.39 Å². The number of benzene rings is 2. The van der Waals surface area contributed by atoms with Crippen LogP contribution >= 0.6 is 11.8 Å². The molecule has 158 valence electrons. The highest BCUT2D eigenvalue weighted by Crippen LogP contribution is 2.24. The summed E-state index contributed by atoms with van der Waals surface area (Å²) in [5, 5.41) is 0.506. The van der Waals surface area contributed by atoms with Gasteiger partial charge in [0.15, 0.2) is 11.0 Å². The van der Waals surface area contributed by atoms with E-state index in [-0.39, 0.29) is 23.8 Å². The van der Waals surface area contributed by atoms with Crippen molar-refractivity contribution >= 4 is 17.7 Å². The molecule has 3 aromatic rings. The number of nitrogens with zero attached hydrogens (tertiary/aromatic N) is 3. The van der Waals surface area contributed by atoms with Crippen molar-refractivity contribution in [1.29, 1.82) is 0 Å². The lowest BCUT2D eigenvalue weighted by atomic mass is 9.87. The first-order chi connectivity index (χ1) is 14.3. The molecule has 6 nitrogen and oxygen atoms in total. The van der Waals surface area contributed by atoms with E-state index >= 15 is 0 Å². The third kappa shape index (κ3) is 6.59. The van der Waals surface area contributed by atoms with E-state index < -0.39 is 0 Å². The summed E-state index contributed by atoms with van der Waals surface area (Å²) in [7, 11) is 0. The topological polar surface area (TPSA) is 83.2 Å². The lowest BCUT2D eigenvalue weighted by Crippen LogP contribution is -2.11. The molecule has 30 heavy (non-hydrogen) atoms. The molecule has 1 heterocycles. The third-order valence-corrected chi connectivity index (χ3v) is 4.98. The van der Waals surface area contributed by atoms with Crippen LogP contribution < -0.4 is 15.2 Å². The summed E-state index contributed by atoms with van der Waals surface area (Å²) in [6.45, 7) is 7.12. The number of nitrogen functional groups attached to an aromatic ring is 1. The van der Waals surface area contributed by atoms with Crippen molar-refractivity contribution in [3.63, 3.8) is 0 Å². The molecular formula is C22H25FN4O2S. The maximum absolute atomic E-state index is 12.9. The predicted molar refractivity (Wildman–Crippen MR) is 116 cm³/mol. The molecule has 0 spiro atoms. The Hall–Kier alpha value is -2.87. The number of halogens is 1. The van der Waals surface area contributed by atoms with Crippen molar-refractivity contribution in [2.45, 2.75) is 37.9 Å². The Labute approximate surface area is 180 Å². The summed E-state index contributed by atoms with van der Waals surface area (Å²) in [4.78, 5) is 12.7. The number of aromatic nitrogens is 3. The molecule has 0 aliphatic carbocycles. The van der Waals surface area contributed by atoms with Crippen molar-refractivity contribution in [3.8, 4) is 11.5 Å². The van der Waals surface area contributed by atoms with Crippen LogP contribution in [0.1, 0.15) is 32.2 Å². The highest BCUT2D eigenvalue weighted by atomic mass is 32.2. The van der Waals surface area contributed by atoms with Crippen LogP contribution in [-0.4, -0.2) is 27.3 Å². The van der Waals surface area contributed by atoms with Gasteiger partial charge in [-0.2, -0.15) is 9.97 Å². The van der Waals surface area contributed by atoms with Crippen LogP contribution in [0.5, 0.6) is 11.5 Å². The van der Waals surface area contributed by atoms with Crippen LogP contribution in [0.3, 0.4) is 0 Å². The molecule has 0 radical (unpaired) electrons. The molecule has 3 rings (SSSR count). The van der Waals surface area contributed by atoms with Crippen LogP contribution in [0.2, 0.25) is 0 Å². The van der Waals surface area contributed by atoms with Gasteiger partial charge < -0.3 is 15.2 Å². The van der Waals surface area contributed by atoms with Crippen molar-refractivity contribution in [2.24, 2.45) is 0 Å². The standard InChI is InChI=1S/C22H25FN4O2S/c1-22(2,3)15-4-8-18(9-5-15)29-14-19-25-20(24)27-21(26-19)30-13-12-28-17-10-6-16(23)7-11-17/h4-11H,12-14H2,1-3H3,(H2,24,25,26,27). The highest BCUT2D eigenvalue weighted by Gasteiger charge is 2.13. The molecule has 0 aliphatic heterocycles. The fraction of sp³-hybridized carbons (Fsp3) is 0.318. The second kappa shape index (κ2) is 9.75. The number of hydrogen-bond acceptors (Lipinski definition) is 7. The van der Waals surface area contributed by atoms with Gasteiger partial charge in [0, 0.05) is 5.75 Å². The lowest BCUT2D eigenvalue weighted by molar-refractivity contribution is 0.294. The van der Waals surface area contributed by atoms with Gasteiger partial charge in [-0.1, -0.05) is 44.7 Å². The van der Waals surface area contributed by atoms with Crippen molar-refractivity contribution in [2.75, 3.05) is 18.1 Å². The van der Waals surface area contributed by atoms with Gasteiger partial charge in [-0.05, 0) is 47.4 Å². The minimum absolute atomic E-state index is 0.0910. The molecule has 0 atom stereocenters. The van der Waals surface area contributed by atoms with Gasteiger partial charge in [0.1, 0.15) is 23.9 Å². The number of nitrogens with two attached hydrogens (primary N) is 1. The van der Waals surface area contributed by atoms with Crippen LogP contribution in [0.15, 0.2) is 53.7 Å². The van der Waals surface area contributed by atoms with E-state index in [1.807, 2.05) is 12.1 Å². The van der Waals surface area contributed by atoms with Crippen LogP contribution in [0.25, 0.3) is 0 Å². The van der Waals surface area contributed by atoms with Crippen molar-refractivity contribution in [1.82, 2.24) is 15.0 Å². The third-order valence-electron chi connectivity index (χ3n) is 4.16. The van der Waals surface area contributed by atoms with E-state index in [1.54, 1.807) is 12.1 Å². The summed E-state index contributed by atoms with van der Waals surface area (Å²) in [6, 6.07) is 13.9. The normalized spacial score (nSPS) is 11.3. The Morgan fingerprint density at radius 1 is 0.900 bits per heavy atom. The first-order valence-electron chi connectivity index (χ1n) is 9.54. The van der Waals surface area contributed by atoms with Gasteiger partial charge in [-0.3, -0.25) is 0 Å². The Morgan fingerprint density at radius 2 is 1.53 bits per heavy atom. The summed E-state index contributed by atoms with van der Waals surface area (Å²) < 4.78 is 24.3. The van der Waals surface area contributed by atoms with Gasteiger partial charge in [0.25, 0.3) is 0 Å². The minimum Gasteiger partial charge on any atom is -0.493 e. The van der Waals surface area contributed by atoms with E-state index in [2.05, 4.69) is 47.9 Å². The molecule has 2 N–H and O–H groups in total. The molecule has 0 bridgehead atoms.